The molecule has 0 unspecified atom stereocenters. The van der Waals surface area contributed by atoms with Gasteiger partial charge in [-0.1, -0.05) is 17.7 Å². The molecule has 0 aliphatic rings. The molecule has 0 saturated carbocycles. The van der Waals surface area contributed by atoms with Gasteiger partial charge in [-0.3, -0.25) is 4.79 Å². The zero-order valence-corrected chi connectivity index (χ0v) is 12.3. The Balaban J connectivity index is 2.55. The highest BCUT2D eigenvalue weighted by Gasteiger charge is 2.06. The van der Waals surface area contributed by atoms with E-state index in [2.05, 4.69) is 44.9 Å². The van der Waals surface area contributed by atoms with E-state index in [1.54, 1.807) is 6.92 Å². The van der Waals surface area contributed by atoms with Crippen molar-refractivity contribution in [1.29, 1.82) is 0 Å². The van der Waals surface area contributed by atoms with Crippen LogP contribution in [0, 0.1) is 20.8 Å². The molecule has 0 atom stereocenters. The molecule has 0 fully saturated rings. The molecule has 0 bridgehead atoms. The molecule has 1 aromatic carbocycles. The van der Waals surface area contributed by atoms with Crippen LogP contribution in [0.15, 0.2) is 12.1 Å². The maximum Gasteiger partial charge on any atom is 0.131 e. The van der Waals surface area contributed by atoms with E-state index in [0.717, 1.165) is 19.5 Å². The molecule has 0 saturated heterocycles. The molecule has 2 heteroatoms. The summed E-state index contributed by atoms with van der Waals surface area (Å²) in [7, 11) is 2.09. The van der Waals surface area contributed by atoms with Crippen molar-refractivity contribution in [3.8, 4) is 0 Å². The van der Waals surface area contributed by atoms with Gasteiger partial charge in [0, 0.05) is 19.5 Å². The van der Waals surface area contributed by atoms with Crippen molar-refractivity contribution >= 4 is 5.78 Å². The predicted molar refractivity (Wildman–Crippen MR) is 77.2 cm³/mol. The van der Waals surface area contributed by atoms with Gasteiger partial charge in [0.25, 0.3) is 0 Å². The first-order valence-corrected chi connectivity index (χ1v) is 6.65. The number of benzene rings is 1. The molecule has 1 rings (SSSR count). The molecule has 2 nitrogen and oxygen atoms in total. The molecule has 0 heterocycles. The highest BCUT2D eigenvalue weighted by Crippen LogP contribution is 2.17. The molecule has 0 aliphatic heterocycles. The van der Waals surface area contributed by atoms with Crippen molar-refractivity contribution in [2.45, 2.75) is 40.5 Å². The first-order chi connectivity index (χ1) is 8.40. The van der Waals surface area contributed by atoms with Gasteiger partial charge in [-0.25, -0.2) is 0 Å². The minimum atomic E-state index is 0.268. The lowest BCUT2D eigenvalue weighted by atomic mass is 9.97. The number of hydrogen-bond donors (Lipinski definition) is 0. The molecular formula is C16H25NO. The Labute approximate surface area is 111 Å². The third-order valence-corrected chi connectivity index (χ3v) is 3.43. The lowest BCUT2D eigenvalue weighted by Crippen LogP contribution is -2.24. The summed E-state index contributed by atoms with van der Waals surface area (Å²) in [5.41, 5.74) is 5.55. The lowest BCUT2D eigenvalue weighted by molar-refractivity contribution is -0.117. The van der Waals surface area contributed by atoms with Crippen molar-refractivity contribution in [2.24, 2.45) is 0 Å². The summed E-state index contributed by atoms with van der Waals surface area (Å²) in [5.74, 6) is 0.268. The van der Waals surface area contributed by atoms with E-state index >= 15 is 0 Å². The number of likely N-dealkylation sites (N-methyl/N-ethyl adjacent to an activating group) is 1. The van der Waals surface area contributed by atoms with Gasteiger partial charge in [0.2, 0.25) is 0 Å². The Kier molecular flexibility index (Phi) is 5.54. The van der Waals surface area contributed by atoms with Gasteiger partial charge >= 0.3 is 0 Å². The second kappa shape index (κ2) is 6.69. The van der Waals surface area contributed by atoms with E-state index in [9.17, 15) is 4.79 Å². The van der Waals surface area contributed by atoms with Crippen molar-refractivity contribution in [3.63, 3.8) is 0 Å². The number of ketones is 1. The average Bonchev–Trinajstić information content (AvgIpc) is 2.24. The van der Waals surface area contributed by atoms with Crippen LogP contribution in [-0.2, 0) is 11.2 Å². The van der Waals surface area contributed by atoms with Crippen molar-refractivity contribution < 1.29 is 4.79 Å². The number of hydrogen-bond acceptors (Lipinski definition) is 2. The average molecular weight is 247 g/mol. The van der Waals surface area contributed by atoms with Crippen LogP contribution in [0.3, 0.4) is 0 Å². The SMILES string of the molecule is CC(=O)CCN(C)CCc1c(C)cc(C)cc1C. The van der Waals surface area contributed by atoms with Gasteiger partial charge in [-0.15, -0.1) is 0 Å². The molecule has 100 valence electrons. The minimum absolute atomic E-state index is 0.268. The monoisotopic (exact) mass is 247 g/mol. The van der Waals surface area contributed by atoms with E-state index in [1.165, 1.54) is 22.3 Å². The third-order valence-electron chi connectivity index (χ3n) is 3.43. The lowest BCUT2D eigenvalue weighted by Gasteiger charge is -2.18. The van der Waals surface area contributed by atoms with Gasteiger partial charge < -0.3 is 4.90 Å². The molecule has 1 aromatic rings. The van der Waals surface area contributed by atoms with E-state index < -0.39 is 0 Å². The van der Waals surface area contributed by atoms with Gasteiger partial charge in [-0.2, -0.15) is 0 Å². The smallest absolute Gasteiger partial charge is 0.131 e. The molecule has 0 aromatic heterocycles. The van der Waals surface area contributed by atoms with Gasteiger partial charge in [0.15, 0.2) is 0 Å². The standard InChI is InChI=1S/C16H25NO/c1-12-10-13(2)16(14(3)11-12)7-9-17(5)8-6-15(4)18/h10-11H,6-9H2,1-5H3. The number of carbonyl (C=O) groups is 1. The molecule has 0 radical (unpaired) electrons. The second-order valence-corrected chi connectivity index (χ2v) is 5.38. The Morgan fingerprint density at radius 3 is 2.17 bits per heavy atom. The Hall–Kier alpha value is -1.15. The van der Waals surface area contributed by atoms with Crippen molar-refractivity contribution in [2.75, 3.05) is 20.1 Å². The number of carbonyl (C=O) groups excluding carboxylic acids is 1. The summed E-state index contributed by atoms with van der Waals surface area (Å²) in [6.07, 6.45) is 1.72. The Morgan fingerprint density at radius 2 is 1.67 bits per heavy atom. The maximum atomic E-state index is 10.9. The fourth-order valence-corrected chi connectivity index (χ4v) is 2.37. The molecular weight excluding hydrogens is 222 g/mol. The normalized spacial score (nSPS) is 11.0. The predicted octanol–water partition coefficient (Wildman–Crippen LogP) is 3.07. The van der Waals surface area contributed by atoms with E-state index in [4.69, 9.17) is 0 Å². The summed E-state index contributed by atoms with van der Waals surface area (Å²) in [5, 5.41) is 0. The number of nitrogens with zero attached hydrogens (tertiary/aromatic N) is 1. The van der Waals surface area contributed by atoms with Gasteiger partial charge in [0.05, 0.1) is 0 Å². The van der Waals surface area contributed by atoms with Crippen LogP contribution in [0.1, 0.15) is 35.6 Å². The zero-order chi connectivity index (χ0) is 13.7. The van der Waals surface area contributed by atoms with Crippen LogP contribution < -0.4 is 0 Å². The molecule has 0 N–H and O–H groups in total. The van der Waals surface area contributed by atoms with Crippen molar-refractivity contribution in [1.82, 2.24) is 4.90 Å². The summed E-state index contributed by atoms with van der Waals surface area (Å²) >= 11 is 0. The molecule has 0 aliphatic carbocycles. The topological polar surface area (TPSA) is 20.3 Å². The quantitative estimate of drug-likeness (QED) is 0.770. The number of aryl methyl sites for hydroxylation is 3. The van der Waals surface area contributed by atoms with Crippen LogP contribution >= 0.6 is 0 Å². The summed E-state index contributed by atoms with van der Waals surface area (Å²) in [6, 6.07) is 4.50. The van der Waals surface area contributed by atoms with E-state index in [1.807, 2.05) is 0 Å². The van der Waals surface area contributed by atoms with Crippen LogP contribution in [0.2, 0.25) is 0 Å². The summed E-state index contributed by atoms with van der Waals surface area (Å²) in [4.78, 5) is 13.2. The number of rotatable bonds is 6. The van der Waals surface area contributed by atoms with Crippen LogP contribution in [-0.4, -0.2) is 30.8 Å². The fourth-order valence-electron chi connectivity index (χ4n) is 2.37. The van der Waals surface area contributed by atoms with Gasteiger partial charge in [-0.05, 0) is 57.9 Å². The summed E-state index contributed by atoms with van der Waals surface area (Å²) in [6.45, 7) is 10.0. The first-order valence-electron chi connectivity index (χ1n) is 6.65. The maximum absolute atomic E-state index is 10.9. The first kappa shape index (κ1) is 14.9. The summed E-state index contributed by atoms with van der Waals surface area (Å²) < 4.78 is 0. The molecule has 0 spiro atoms. The van der Waals surface area contributed by atoms with Crippen LogP contribution in [0.4, 0.5) is 0 Å². The fraction of sp³-hybridized carbons (Fsp3) is 0.562. The third kappa shape index (κ3) is 4.61. The van der Waals surface area contributed by atoms with Crippen LogP contribution in [0.5, 0.6) is 0 Å². The molecule has 0 amide bonds. The Morgan fingerprint density at radius 1 is 1.11 bits per heavy atom. The highest BCUT2D eigenvalue weighted by molar-refractivity contribution is 5.75. The van der Waals surface area contributed by atoms with E-state index in [-0.39, 0.29) is 5.78 Å². The van der Waals surface area contributed by atoms with Gasteiger partial charge in [0.1, 0.15) is 5.78 Å². The van der Waals surface area contributed by atoms with Crippen molar-refractivity contribution in [3.05, 3.63) is 34.4 Å². The largest absolute Gasteiger partial charge is 0.306 e. The zero-order valence-electron chi connectivity index (χ0n) is 12.3. The second-order valence-electron chi connectivity index (χ2n) is 5.38. The number of Topliss-reactive ketones (excluding diaryl/α,β-unsaturated/α-hetero) is 1. The molecule has 18 heavy (non-hydrogen) atoms. The highest BCUT2D eigenvalue weighted by atomic mass is 16.1. The minimum Gasteiger partial charge on any atom is -0.306 e. The Bertz CT molecular complexity index is 400. The van der Waals surface area contributed by atoms with Crippen LogP contribution in [0.25, 0.3) is 0 Å². The van der Waals surface area contributed by atoms with E-state index in [0.29, 0.717) is 6.42 Å².